The van der Waals surface area contributed by atoms with Gasteiger partial charge in [-0.3, -0.25) is 4.79 Å². The van der Waals surface area contributed by atoms with Gasteiger partial charge in [0.05, 0.1) is 37.8 Å². The molecule has 0 amide bonds. The van der Waals surface area contributed by atoms with Crippen molar-refractivity contribution in [2.45, 2.75) is 168 Å². The fraction of sp³-hybridized carbons (Fsp3) is 0.970. The molecule has 0 aliphatic heterocycles. The molecule has 6 nitrogen and oxygen atoms in total. The quantitative estimate of drug-likeness (QED) is 0.0591. The van der Waals surface area contributed by atoms with Gasteiger partial charge in [0.1, 0.15) is 0 Å². The lowest BCUT2D eigenvalue weighted by atomic mass is 9.93. The van der Waals surface area contributed by atoms with Crippen molar-refractivity contribution in [3.63, 3.8) is 0 Å². The number of carbonyl (C=O) groups is 1. The predicted octanol–water partition coefficient (Wildman–Crippen LogP) is 8.03. The van der Waals surface area contributed by atoms with Crippen molar-refractivity contribution >= 4 is 5.97 Å². The maximum absolute atomic E-state index is 11.5. The second-order valence-corrected chi connectivity index (χ2v) is 11.8. The number of hydrogen-bond acceptors (Lipinski definition) is 5. The molecule has 1 unspecified atom stereocenters. The molecule has 0 aromatic rings. The topological polar surface area (TPSA) is 118 Å². The number of rotatable bonds is 29. The van der Waals surface area contributed by atoms with E-state index in [1.54, 1.807) is 0 Å². The zero-order valence-corrected chi connectivity index (χ0v) is 26.0. The summed E-state index contributed by atoms with van der Waals surface area (Å²) >= 11 is 0. The second-order valence-electron chi connectivity index (χ2n) is 11.8. The lowest BCUT2D eigenvalue weighted by Crippen LogP contribution is -2.37. The lowest BCUT2D eigenvalue weighted by Gasteiger charge is -2.23. The van der Waals surface area contributed by atoms with Crippen LogP contribution < -0.4 is 0 Å². The summed E-state index contributed by atoms with van der Waals surface area (Å²) in [6.07, 6.45) is 31.1. The van der Waals surface area contributed by atoms with Crippen molar-refractivity contribution in [3.05, 3.63) is 0 Å². The van der Waals surface area contributed by atoms with E-state index >= 15 is 0 Å². The third-order valence-electron chi connectivity index (χ3n) is 8.00. The zero-order chi connectivity index (χ0) is 29.5. The monoisotopic (exact) mass is 561 g/mol. The van der Waals surface area contributed by atoms with E-state index in [4.69, 9.17) is 20.4 Å². The van der Waals surface area contributed by atoms with Gasteiger partial charge in [-0.1, -0.05) is 155 Å². The van der Waals surface area contributed by atoms with Crippen molar-refractivity contribution < 1.29 is 30.3 Å². The number of carboxylic acid groups (broad SMARTS) is 1. The largest absolute Gasteiger partial charge is 0.481 e. The Bertz CT molecular complexity index is 463. The van der Waals surface area contributed by atoms with Crippen LogP contribution in [0.5, 0.6) is 0 Å². The second kappa shape index (κ2) is 31.8. The lowest BCUT2D eigenvalue weighted by molar-refractivity contribution is -0.142. The first kappa shape index (κ1) is 40.4. The summed E-state index contributed by atoms with van der Waals surface area (Å²) < 4.78 is 0. The number of hydrogen-bond donors (Lipinski definition) is 5. The highest BCUT2D eigenvalue weighted by atomic mass is 16.4. The van der Waals surface area contributed by atoms with Gasteiger partial charge in [-0.2, -0.15) is 0 Å². The normalized spacial score (nSPS) is 12.3. The molecule has 0 rings (SSSR count). The minimum Gasteiger partial charge on any atom is -0.481 e. The van der Waals surface area contributed by atoms with Crippen molar-refractivity contribution in [2.24, 2.45) is 11.3 Å². The van der Waals surface area contributed by atoms with Crippen LogP contribution in [0.25, 0.3) is 0 Å². The van der Waals surface area contributed by atoms with Crippen LogP contribution in [0.4, 0.5) is 0 Å². The molecule has 6 heteroatoms. The van der Waals surface area contributed by atoms with Crippen LogP contribution in [-0.4, -0.2) is 57.9 Å². The standard InChI is InChI=1S/C28H56O2.C5H12O4/c1-3-5-7-9-11-13-15-16-18-20-22-24-26-27(28(29)30)25-23-21-19-17-14-12-10-8-6-4-2;6-1-5(2-7,3-8)4-9/h27H,3-26H2,1-2H3,(H,29,30);6-9H,1-4H2. The fourth-order valence-electron chi connectivity index (χ4n) is 4.80. The minimum absolute atomic E-state index is 0.0952. The van der Waals surface area contributed by atoms with E-state index in [0.29, 0.717) is 0 Å². The van der Waals surface area contributed by atoms with Gasteiger partial charge >= 0.3 is 5.97 Å². The smallest absolute Gasteiger partial charge is 0.306 e. The Morgan fingerprint density at radius 1 is 0.462 bits per heavy atom. The molecule has 39 heavy (non-hydrogen) atoms. The predicted molar refractivity (Wildman–Crippen MR) is 164 cm³/mol. The Labute approximate surface area is 242 Å². The molecular weight excluding hydrogens is 492 g/mol. The average Bonchev–Trinajstić information content (AvgIpc) is 2.95. The first-order valence-electron chi connectivity index (χ1n) is 16.6. The van der Waals surface area contributed by atoms with Crippen LogP contribution in [0.1, 0.15) is 168 Å². The average molecular weight is 561 g/mol. The number of aliphatic hydroxyl groups excluding tert-OH is 4. The Balaban J connectivity index is 0. The van der Waals surface area contributed by atoms with Crippen LogP contribution >= 0.6 is 0 Å². The van der Waals surface area contributed by atoms with E-state index in [1.165, 1.54) is 128 Å². The molecule has 0 bridgehead atoms. The van der Waals surface area contributed by atoms with E-state index < -0.39 is 37.8 Å². The van der Waals surface area contributed by atoms with Crippen LogP contribution in [0.3, 0.4) is 0 Å². The number of carboxylic acids is 1. The first-order chi connectivity index (χ1) is 19.0. The molecule has 0 saturated carbocycles. The molecule has 236 valence electrons. The summed E-state index contributed by atoms with van der Waals surface area (Å²) in [6, 6.07) is 0. The van der Waals surface area contributed by atoms with Crippen LogP contribution in [-0.2, 0) is 4.79 Å². The van der Waals surface area contributed by atoms with Crippen LogP contribution in [0, 0.1) is 11.3 Å². The van der Waals surface area contributed by atoms with Gasteiger partial charge in [-0.15, -0.1) is 0 Å². The number of aliphatic carboxylic acids is 1. The summed E-state index contributed by atoms with van der Waals surface area (Å²) in [5.41, 5.74) is -1.11. The van der Waals surface area contributed by atoms with Crippen molar-refractivity contribution in [3.8, 4) is 0 Å². The highest BCUT2D eigenvalue weighted by Crippen LogP contribution is 2.20. The van der Waals surface area contributed by atoms with Gasteiger partial charge in [-0.25, -0.2) is 0 Å². The summed E-state index contributed by atoms with van der Waals surface area (Å²) in [6.45, 7) is 2.92. The Hall–Kier alpha value is -0.690. The summed E-state index contributed by atoms with van der Waals surface area (Å²) in [5.74, 6) is -0.656. The first-order valence-corrected chi connectivity index (χ1v) is 16.6. The van der Waals surface area contributed by atoms with E-state index in [2.05, 4.69) is 13.8 Å². The third-order valence-corrected chi connectivity index (χ3v) is 8.00. The highest BCUT2D eigenvalue weighted by Gasteiger charge is 2.26. The molecular formula is C33H68O6. The third kappa shape index (κ3) is 27.3. The fourth-order valence-corrected chi connectivity index (χ4v) is 4.80. The molecule has 0 aromatic carbocycles. The maximum atomic E-state index is 11.5. The zero-order valence-electron chi connectivity index (χ0n) is 26.0. The maximum Gasteiger partial charge on any atom is 0.306 e. The minimum atomic E-state index is -1.11. The number of unbranched alkanes of at least 4 members (excludes halogenated alkanes) is 20. The van der Waals surface area contributed by atoms with Gasteiger partial charge in [0.25, 0.3) is 0 Å². The van der Waals surface area contributed by atoms with Gasteiger partial charge in [0, 0.05) is 0 Å². The molecule has 1 atom stereocenters. The van der Waals surface area contributed by atoms with E-state index in [0.717, 1.165) is 25.7 Å². The number of aliphatic hydroxyl groups is 4. The molecule has 0 heterocycles. The molecule has 0 aromatic heterocycles. The van der Waals surface area contributed by atoms with Crippen molar-refractivity contribution in [1.82, 2.24) is 0 Å². The Morgan fingerprint density at radius 2 is 0.692 bits per heavy atom. The van der Waals surface area contributed by atoms with Gasteiger partial charge < -0.3 is 25.5 Å². The van der Waals surface area contributed by atoms with Crippen LogP contribution in [0.15, 0.2) is 0 Å². The molecule has 5 N–H and O–H groups in total. The van der Waals surface area contributed by atoms with Gasteiger partial charge in [-0.05, 0) is 12.8 Å². The van der Waals surface area contributed by atoms with Crippen molar-refractivity contribution in [2.75, 3.05) is 26.4 Å². The molecule has 0 saturated heterocycles. The summed E-state index contributed by atoms with van der Waals surface area (Å²) in [5, 5.41) is 43.5. The highest BCUT2D eigenvalue weighted by molar-refractivity contribution is 5.69. The SMILES string of the molecule is CCCCCCCCCCCCCCC(CCCCCCCCCCCC)C(=O)O.OCC(CO)(CO)CO. The van der Waals surface area contributed by atoms with E-state index in [-0.39, 0.29) is 5.92 Å². The van der Waals surface area contributed by atoms with E-state index in [9.17, 15) is 9.90 Å². The summed E-state index contributed by atoms with van der Waals surface area (Å²) in [7, 11) is 0. The van der Waals surface area contributed by atoms with E-state index in [1.807, 2.05) is 0 Å². The molecule has 0 fully saturated rings. The Morgan fingerprint density at radius 3 is 0.872 bits per heavy atom. The summed E-state index contributed by atoms with van der Waals surface area (Å²) in [4.78, 5) is 11.5. The van der Waals surface area contributed by atoms with Crippen molar-refractivity contribution in [1.29, 1.82) is 0 Å². The molecule has 0 radical (unpaired) electrons. The van der Waals surface area contributed by atoms with Gasteiger partial charge in [0.2, 0.25) is 0 Å². The Kier molecular flexibility index (Phi) is 33.0. The van der Waals surface area contributed by atoms with Gasteiger partial charge in [0.15, 0.2) is 0 Å². The molecule has 0 aliphatic carbocycles. The van der Waals surface area contributed by atoms with Crippen LogP contribution in [0.2, 0.25) is 0 Å². The molecule has 0 aliphatic rings. The molecule has 0 spiro atoms.